The zero-order chi connectivity index (χ0) is 21.5. The number of rotatable bonds is 2. The van der Waals surface area contributed by atoms with Gasteiger partial charge in [0.05, 0.1) is 5.69 Å². The average molecular weight is 436 g/mol. The molecule has 0 aromatic heterocycles. The Hall–Kier alpha value is -2.80. The van der Waals surface area contributed by atoms with E-state index >= 15 is 0 Å². The summed E-state index contributed by atoms with van der Waals surface area (Å²) in [4.78, 5) is 43.5. The van der Waals surface area contributed by atoms with Crippen LogP contribution in [-0.4, -0.2) is 47.0 Å². The van der Waals surface area contributed by atoms with E-state index in [1.165, 1.54) is 17.3 Å². The number of benzene rings is 2. The molecule has 7 heteroatoms. The van der Waals surface area contributed by atoms with Crippen LogP contribution in [-0.2, 0) is 20.8 Å². The summed E-state index contributed by atoms with van der Waals surface area (Å²) in [5.41, 5.74) is 3.00. The molecule has 5 rings (SSSR count). The van der Waals surface area contributed by atoms with Crippen LogP contribution in [0.1, 0.15) is 25.3 Å². The summed E-state index contributed by atoms with van der Waals surface area (Å²) in [6.45, 7) is 3.10. The highest BCUT2D eigenvalue weighted by molar-refractivity contribution is 8.01. The van der Waals surface area contributed by atoms with Crippen molar-refractivity contribution in [1.82, 2.24) is 4.90 Å². The Labute approximate surface area is 186 Å². The zero-order valence-electron chi connectivity index (χ0n) is 17.4. The fraction of sp³-hybridized carbons (Fsp3) is 0.375. The third kappa shape index (κ3) is 3.61. The van der Waals surface area contributed by atoms with E-state index in [0.29, 0.717) is 25.9 Å². The molecule has 31 heavy (non-hydrogen) atoms. The van der Waals surface area contributed by atoms with E-state index in [9.17, 15) is 14.4 Å². The summed E-state index contributed by atoms with van der Waals surface area (Å²) in [7, 11) is 0. The third-order valence-corrected chi connectivity index (χ3v) is 7.71. The number of hydrogen-bond acceptors (Lipinski definition) is 4. The quantitative estimate of drug-likeness (QED) is 0.735. The van der Waals surface area contributed by atoms with Crippen LogP contribution in [0.3, 0.4) is 0 Å². The second-order valence-electron chi connectivity index (χ2n) is 8.47. The number of hydrogen-bond donors (Lipinski definition) is 1. The van der Waals surface area contributed by atoms with E-state index in [1.54, 1.807) is 4.90 Å². The lowest BCUT2D eigenvalue weighted by molar-refractivity contribution is -0.137. The predicted molar refractivity (Wildman–Crippen MR) is 121 cm³/mol. The summed E-state index contributed by atoms with van der Waals surface area (Å²) >= 11 is 1.31. The first kappa shape index (κ1) is 20.1. The number of fused-ring (bicyclic) bond motifs is 2. The lowest BCUT2D eigenvalue weighted by atomic mass is 9.94. The number of amides is 3. The Morgan fingerprint density at radius 1 is 1.00 bits per heavy atom. The fourth-order valence-electron chi connectivity index (χ4n) is 4.82. The molecule has 3 aliphatic heterocycles. The van der Waals surface area contributed by atoms with Crippen LogP contribution in [0.2, 0.25) is 0 Å². The van der Waals surface area contributed by atoms with E-state index in [0.717, 1.165) is 22.7 Å². The number of thioether (sulfide) groups is 1. The van der Waals surface area contributed by atoms with Crippen LogP contribution < -0.4 is 10.2 Å². The number of nitrogens with one attached hydrogen (secondary N) is 1. The molecule has 0 saturated carbocycles. The van der Waals surface area contributed by atoms with Gasteiger partial charge in [-0.2, -0.15) is 0 Å². The standard InChI is InChI=1S/C24H25N3O3S/c1-15-14-17-6-2-4-8-19(17)27(15)23(29)16-10-12-26(13-11-16)24(30)21-22(28)25-18-7-3-5-9-20(18)31-21/h2-9,15-16,21H,10-14H2,1H3,(H,25,28). The SMILES string of the molecule is CC1Cc2ccccc2N1C(=O)C1CCN(C(=O)C2Sc3ccccc3NC2=O)CC1. The van der Waals surface area contributed by atoms with Gasteiger partial charge in [0, 0.05) is 35.6 Å². The molecule has 2 atom stereocenters. The van der Waals surface area contributed by atoms with Crippen molar-refractivity contribution in [1.29, 1.82) is 0 Å². The van der Waals surface area contributed by atoms with Crippen LogP contribution >= 0.6 is 11.8 Å². The molecule has 2 aromatic carbocycles. The van der Waals surface area contributed by atoms with Crippen LogP contribution in [0.5, 0.6) is 0 Å². The first-order chi connectivity index (χ1) is 15.0. The second-order valence-corrected chi connectivity index (χ2v) is 9.62. The van der Waals surface area contributed by atoms with E-state index in [2.05, 4.69) is 18.3 Å². The van der Waals surface area contributed by atoms with Crippen LogP contribution in [0.25, 0.3) is 0 Å². The number of piperidine rings is 1. The fourth-order valence-corrected chi connectivity index (χ4v) is 5.90. The Balaban J connectivity index is 1.23. The molecule has 160 valence electrons. The Morgan fingerprint density at radius 3 is 2.52 bits per heavy atom. The summed E-state index contributed by atoms with van der Waals surface area (Å²) in [6, 6.07) is 15.8. The lowest BCUT2D eigenvalue weighted by Crippen LogP contribution is -2.50. The molecule has 1 saturated heterocycles. The minimum absolute atomic E-state index is 0.0915. The minimum Gasteiger partial charge on any atom is -0.341 e. The largest absolute Gasteiger partial charge is 0.341 e. The lowest BCUT2D eigenvalue weighted by Gasteiger charge is -2.36. The van der Waals surface area contributed by atoms with Crippen molar-refractivity contribution in [3.8, 4) is 0 Å². The number of nitrogens with zero attached hydrogens (tertiary/aromatic N) is 2. The number of carbonyl (C=O) groups is 3. The summed E-state index contributed by atoms with van der Waals surface area (Å²) < 4.78 is 0. The van der Waals surface area contributed by atoms with Crippen molar-refractivity contribution in [3.05, 3.63) is 54.1 Å². The van der Waals surface area contributed by atoms with E-state index < -0.39 is 5.25 Å². The summed E-state index contributed by atoms with van der Waals surface area (Å²) in [5.74, 6) is -0.369. The van der Waals surface area contributed by atoms with Gasteiger partial charge in [0.2, 0.25) is 17.7 Å². The van der Waals surface area contributed by atoms with Gasteiger partial charge < -0.3 is 15.1 Å². The molecule has 0 aliphatic carbocycles. The highest BCUT2D eigenvalue weighted by Gasteiger charge is 2.40. The van der Waals surface area contributed by atoms with E-state index in [4.69, 9.17) is 0 Å². The molecule has 2 unspecified atom stereocenters. The molecule has 3 amide bonds. The van der Waals surface area contributed by atoms with Gasteiger partial charge in [-0.15, -0.1) is 11.8 Å². The molecule has 3 heterocycles. The minimum atomic E-state index is -0.771. The topological polar surface area (TPSA) is 69.7 Å². The number of para-hydroxylation sites is 2. The van der Waals surface area contributed by atoms with Gasteiger partial charge in [-0.1, -0.05) is 30.3 Å². The normalized spacial score (nSPS) is 23.2. The molecule has 1 fully saturated rings. The van der Waals surface area contributed by atoms with Gasteiger partial charge in [-0.3, -0.25) is 14.4 Å². The highest BCUT2D eigenvalue weighted by Crippen LogP contribution is 2.37. The monoisotopic (exact) mass is 435 g/mol. The Morgan fingerprint density at radius 2 is 1.71 bits per heavy atom. The number of carbonyl (C=O) groups excluding carboxylic acids is 3. The summed E-state index contributed by atoms with van der Waals surface area (Å²) in [6.07, 6.45) is 2.14. The van der Waals surface area contributed by atoms with E-state index in [1.807, 2.05) is 47.4 Å². The molecule has 2 aromatic rings. The first-order valence-corrected chi connectivity index (χ1v) is 11.7. The maximum absolute atomic E-state index is 13.3. The zero-order valence-corrected chi connectivity index (χ0v) is 18.2. The van der Waals surface area contributed by atoms with Gasteiger partial charge >= 0.3 is 0 Å². The molecular weight excluding hydrogens is 410 g/mol. The first-order valence-electron chi connectivity index (χ1n) is 10.8. The maximum Gasteiger partial charge on any atom is 0.247 e. The van der Waals surface area contributed by atoms with Gasteiger partial charge in [0.25, 0.3) is 0 Å². The van der Waals surface area contributed by atoms with Crippen LogP contribution in [0, 0.1) is 5.92 Å². The summed E-state index contributed by atoms with van der Waals surface area (Å²) in [5, 5.41) is 2.07. The van der Waals surface area contributed by atoms with E-state index in [-0.39, 0.29) is 29.7 Å². The van der Waals surface area contributed by atoms with Crippen molar-refractivity contribution in [2.75, 3.05) is 23.3 Å². The van der Waals surface area contributed by atoms with Crippen LogP contribution in [0.15, 0.2) is 53.4 Å². The van der Waals surface area contributed by atoms with Crippen LogP contribution in [0.4, 0.5) is 11.4 Å². The molecule has 6 nitrogen and oxygen atoms in total. The average Bonchev–Trinajstić information content (AvgIpc) is 3.13. The number of anilines is 2. The second kappa shape index (κ2) is 8.04. The highest BCUT2D eigenvalue weighted by atomic mass is 32.2. The van der Waals surface area contributed by atoms with Crippen molar-refractivity contribution in [2.45, 2.75) is 42.4 Å². The Kier molecular flexibility index (Phi) is 5.22. The Bertz CT molecular complexity index is 1050. The number of likely N-dealkylation sites (tertiary alicyclic amines) is 1. The maximum atomic E-state index is 13.3. The third-order valence-electron chi connectivity index (χ3n) is 6.45. The molecule has 3 aliphatic rings. The molecular formula is C24H25N3O3S. The molecule has 1 N–H and O–H groups in total. The smallest absolute Gasteiger partial charge is 0.247 e. The van der Waals surface area contributed by atoms with Crippen molar-refractivity contribution in [2.24, 2.45) is 5.92 Å². The van der Waals surface area contributed by atoms with Gasteiger partial charge in [-0.25, -0.2) is 0 Å². The van der Waals surface area contributed by atoms with Gasteiger partial charge in [0.1, 0.15) is 0 Å². The van der Waals surface area contributed by atoms with Gasteiger partial charge in [-0.05, 0) is 49.9 Å². The molecule has 0 bridgehead atoms. The van der Waals surface area contributed by atoms with Crippen molar-refractivity contribution < 1.29 is 14.4 Å². The molecule has 0 spiro atoms. The van der Waals surface area contributed by atoms with Gasteiger partial charge in [0.15, 0.2) is 5.25 Å². The molecule has 0 radical (unpaired) electrons. The predicted octanol–water partition coefficient (Wildman–Crippen LogP) is 3.32. The van der Waals surface area contributed by atoms with Crippen molar-refractivity contribution >= 4 is 40.9 Å². The van der Waals surface area contributed by atoms with Crippen molar-refractivity contribution in [3.63, 3.8) is 0 Å².